The van der Waals surface area contributed by atoms with Crippen LogP contribution >= 0.6 is 0 Å². The van der Waals surface area contributed by atoms with Crippen LogP contribution in [0.3, 0.4) is 0 Å². The van der Waals surface area contributed by atoms with Crippen molar-refractivity contribution in [3.8, 4) is 0 Å². The zero-order valence-electron chi connectivity index (χ0n) is 14.8. The Kier molecular flexibility index (Phi) is 4.51. The predicted molar refractivity (Wildman–Crippen MR) is 96.8 cm³/mol. The molecule has 0 bridgehead atoms. The molecule has 1 N–H and O–H groups in total. The van der Waals surface area contributed by atoms with E-state index in [0.29, 0.717) is 12.4 Å². The molecule has 1 amide bonds. The number of hydrogen-bond donors (Lipinski definition) is 1. The number of H-pyrrole nitrogens is 1. The van der Waals surface area contributed by atoms with Crippen molar-refractivity contribution in [1.82, 2.24) is 29.4 Å². The van der Waals surface area contributed by atoms with Crippen molar-refractivity contribution >= 4 is 5.91 Å². The van der Waals surface area contributed by atoms with E-state index in [0.717, 1.165) is 37.4 Å². The number of aryl methyl sites for hydroxylation is 1. The van der Waals surface area contributed by atoms with E-state index in [-0.39, 0.29) is 11.8 Å². The highest BCUT2D eigenvalue weighted by Gasteiger charge is 2.29. The van der Waals surface area contributed by atoms with Crippen LogP contribution in [0.1, 0.15) is 46.5 Å². The summed E-state index contributed by atoms with van der Waals surface area (Å²) in [6.45, 7) is 4.10. The molecule has 26 heavy (non-hydrogen) atoms. The van der Waals surface area contributed by atoms with Gasteiger partial charge < -0.3 is 14.5 Å². The first-order valence-corrected chi connectivity index (χ1v) is 8.91. The van der Waals surface area contributed by atoms with E-state index >= 15 is 0 Å². The first-order valence-electron chi connectivity index (χ1n) is 8.91. The molecule has 1 atom stereocenters. The minimum atomic E-state index is -0.0324. The van der Waals surface area contributed by atoms with Crippen LogP contribution in [0.15, 0.2) is 43.1 Å². The Balaban J connectivity index is 1.50. The number of likely N-dealkylation sites (tertiary alicyclic amines) is 1. The van der Waals surface area contributed by atoms with Crippen LogP contribution in [0, 0.1) is 6.92 Å². The summed E-state index contributed by atoms with van der Waals surface area (Å²) in [4.78, 5) is 30.5. The number of carbonyl (C=O) groups excluding carboxylic acids is 1. The van der Waals surface area contributed by atoms with Crippen LogP contribution < -0.4 is 0 Å². The zero-order chi connectivity index (χ0) is 17.9. The fourth-order valence-electron chi connectivity index (χ4n) is 3.54. The molecule has 3 aromatic rings. The maximum absolute atomic E-state index is 12.7. The van der Waals surface area contributed by atoms with Crippen LogP contribution in [0.2, 0.25) is 0 Å². The molecular formula is C19H22N6O. The molecular weight excluding hydrogens is 328 g/mol. The van der Waals surface area contributed by atoms with Gasteiger partial charge in [0, 0.05) is 62.2 Å². The van der Waals surface area contributed by atoms with Crippen LogP contribution in [-0.4, -0.2) is 48.4 Å². The van der Waals surface area contributed by atoms with E-state index < -0.39 is 0 Å². The number of pyridine rings is 1. The first-order chi connectivity index (χ1) is 12.7. The molecule has 0 spiro atoms. The first kappa shape index (κ1) is 16.5. The number of aromatic nitrogens is 5. The largest absolute Gasteiger partial charge is 0.338 e. The van der Waals surface area contributed by atoms with E-state index in [4.69, 9.17) is 0 Å². The van der Waals surface area contributed by atoms with Gasteiger partial charge in [0.1, 0.15) is 5.82 Å². The average molecular weight is 350 g/mol. The number of piperidine rings is 1. The minimum Gasteiger partial charge on any atom is -0.338 e. The number of aromatic amines is 1. The fourth-order valence-corrected chi connectivity index (χ4v) is 3.54. The van der Waals surface area contributed by atoms with Gasteiger partial charge in [0.25, 0.3) is 5.91 Å². The quantitative estimate of drug-likeness (QED) is 0.783. The molecule has 1 aliphatic rings. The smallest absolute Gasteiger partial charge is 0.289 e. The highest BCUT2D eigenvalue weighted by molar-refractivity contribution is 5.90. The Hall–Kier alpha value is -2.96. The summed E-state index contributed by atoms with van der Waals surface area (Å²) in [6.07, 6.45) is 11.2. The second-order valence-corrected chi connectivity index (χ2v) is 6.77. The summed E-state index contributed by atoms with van der Waals surface area (Å²) in [5.41, 5.74) is 2.09. The highest BCUT2D eigenvalue weighted by Crippen LogP contribution is 2.27. The van der Waals surface area contributed by atoms with E-state index in [2.05, 4.69) is 24.5 Å². The van der Waals surface area contributed by atoms with Gasteiger partial charge >= 0.3 is 0 Å². The zero-order valence-corrected chi connectivity index (χ0v) is 14.8. The van der Waals surface area contributed by atoms with Crippen molar-refractivity contribution in [2.45, 2.75) is 32.2 Å². The second kappa shape index (κ2) is 7.11. The number of rotatable bonds is 4. The molecule has 0 aromatic carbocycles. The molecule has 4 rings (SSSR count). The van der Waals surface area contributed by atoms with Gasteiger partial charge in [-0.1, -0.05) is 0 Å². The molecule has 0 radical (unpaired) electrons. The molecule has 3 aromatic heterocycles. The predicted octanol–water partition coefficient (Wildman–Crippen LogP) is 2.38. The van der Waals surface area contributed by atoms with Gasteiger partial charge in [-0.25, -0.2) is 9.97 Å². The summed E-state index contributed by atoms with van der Waals surface area (Å²) in [5.74, 6) is 1.66. The molecule has 1 fully saturated rings. The Morgan fingerprint density at radius 2 is 2.12 bits per heavy atom. The van der Waals surface area contributed by atoms with E-state index in [1.54, 1.807) is 18.6 Å². The van der Waals surface area contributed by atoms with Crippen LogP contribution in [0.5, 0.6) is 0 Å². The third kappa shape index (κ3) is 3.37. The van der Waals surface area contributed by atoms with Gasteiger partial charge in [-0.3, -0.25) is 9.78 Å². The summed E-state index contributed by atoms with van der Waals surface area (Å²) >= 11 is 0. The lowest BCUT2D eigenvalue weighted by Crippen LogP contribution is -2.40. The molecule has 0 saturated carbocycles. The van der Waals surface area contributed by atoms with Crippen molar-refractivity contribution in [2.75, 3.05) is 13.1 Å². The monoisotopic (exact) mass is 350 g/mol. The Morgan fingerprint density at radius 3 is 2.88 bits per heavy atom. The van der Waals surface area contributed by atoms with Crippen molar-refractivity contribution < 1.29 is 4.79 Å². The molecule has 7 nitrogen and oxygen atoms in total. The van der Waals surface area contributed by atoms with Gasteiger partial charge in [0.15, 0.2) is 5.82 Å². The lowest BCUT2D eigenvalue weighted by Gasteiger charge is -2.32. The normalized spacial score (nSPS) is 17.4. The molecule has 1 aliphatic heterocycles. The number of imidazole rings is 2. The van der Waals surface area contributed by atoms with Crippen molar-refractivity contribution in [3.05, 3.63) is 66.0 Å². The van der Waals surface area contributed by atoms with Gasteiger partial charge in [0.2, 0.25) is 0 Å². The summed E-state index contributed by atoms with van der Waals surface area (Å²) in [6, 6.07) is 4.03. The maximum Gasteiger partial charge on any atom is 0.289 e. The summed E-state index contributed by atoms with van der Waals surface area (Å²) in [5, 5.41) is 0. The lowest BCUT2D eigenvalue weighted by atomic mass is 9.97. The van der Waals surface area contributed by atoms with Gasteiger partial charge in [-0.2, -0.15) is 0 Å². The maximum atomic E-state index is 12.7. The minimum absolute atomic E-state index is 0.0324. The van der Waals surface area contributed by atoms with Crippen molar-refractivity contribution in [2.24, 2.45) is 0 Å². The standard InChI is InChI=1S/C19H22N6O/c1-14-11-22-17(23-14)19(26)25-9-2-3-16(13-25)18-21-8-10-24(18)12-15-4-6-20-7-5-15/h4-8,10-11,16H,2-3,9,12-13H2,1H3,(H,22,23). The third-order valence-electron chi connectivity index (χ3n) is 4.83. The Morgan fingerprint density at radius 1 is 1.27 bits per heavy atom. The molecule has 4 heterocycles. The van der Waals surface area contributed by atoms with Gasteiger partial charge in [0.05, 0.1) is 0 Å². The number of carbonyl (C=O) groups is 1. The topological polar surface area (TPSA) is 79.7 Å². The Labute approximate surface area is 152 Å². The molecule has 0 aliphatic carbocycles. The van der Waals surface area contributed by atoms with E-state index in [9.17, 15) is 4.79 Å². The van der Waals surface area contributed by atoms with E-state index in [1.807, 2.05) is 36.4 Å². The number of nitrogens with zero attached hydrogens (tertiary/aromatic N) is 5. The van der Waals surface area contributed by atoms with Crippen LogP contribution in [-0.2, 0) is 6.54 Å². The van der Waals surface area contributed by atoms with Gasteiger partial charge in [-0.05, 0) is 37.5 Å². The SMILES string of the molecule is Cc1cnc(C(=O)N2CCCC(c3nccn3Cc3ccncc3)C2)[nH]1. The third-order valence-corrected chi connectivity index (χ3v) is 4.83. The molecule has 134 valence electrons. The Bertz CT molecular complexity index is 884. The number of nitrogens with one attached hydrogen (secondary N) is 1. The van der Waals surface area contributed by atoms with Gasteiger partial charge in [-0.15, -0.1) is 0 Å². The average Bonchev–Trinajstić information content (AvgIpc) is 3.31. The fraction of sp³-hybridized carbons (Fsp3) is 0.368. The number of amides is 1. The second-order valence-electron chi connectivity index (χ2n) is 6.77. The summed E-state index contributed by atoms with van der Waals surface area (Å²) < 4.78 is 2.17. The summed E-state index contributed by atoms with van der Waals surface area (Å²) in [7, 11) is 0. The molecule has 1 saturated heterocycles. The van der Waals surface area contributed by atoms with E-state index in [1.165, 1.54) is 5.56 Å². The van der Waals surface area contributed by atoms with Crippen LogP contribution in [0.25, 0.3) is 0 Å². The lowest BCUT2D eigenvalue weighted by molar-refractivity contribution is 0.0692. The van der Waals surface area contributed by atoms with Crippen LogP contribution in [0.4, 0.5) is 0 Å². The van der Waals surface area contributed by atoms with Crippen molar-refractivity contribution in [3.63, 3.8) is 0 Å². The van der Waals surface area contributed by atoms with Crippen molar-refractivity contribution in [1.29, 1.82) is 0 Å². The highest BCUT2D eigenvalue weighted by atomic mass is 16.2. The number of hydrogen-bond acceptors (Lipinski definition) is 4. The molecule has 7 heteroatoms. The molecule has 1 unspecified atom stereocenters.